The molecule has 0 spiro atoms. The summed E-state index contributed by atoms with van der Waals surface area (Å²) in [5.41, 5.74) is 7.38. The number of pyridine rings is 2. The van der Waals surface area contributed by atoms with Gasteiger partial charge in [-0.25, -0.2) is 9.97 Å². The van der Waals surface area contributed by atoms with E-state index in [2.05, 4.69) is 31.2 Å². The van der Waals surface area contributed by atoms with Gasteiger partial charge in [-0.15, -0.1) is 0 Å². The number of nitrogens with two attached hydrogens (primary N) is 1. The lowest BCUT2D eigenvalue weighted by atomic mass is 10.1. The number of amides is 2. The van der Waals surface area contributed by atoms with Crippen molar-refractivity contribution in [2.45, 2.75) is 38.4 Å². The Bertz CT molecular complexity index is 1270. The van der Waals surface area contributed by atoms with Crippen molar-refractivity contribution in [3.8, 4) is 0 Å². The quantitative estimate of drug-likeness (QED) is 0.413. The maximum atomic E-state index is 13.3. The third-order valence-electron chi connectivity index (χ3n) is 6.18. The molecular weight excluding hydrogens is 476 g/mol. The highest BCUT2D eigenvalue weighted by Crippen LogP contribution is 2.48. The van der Waals surface area contributed by atoms with Gasteiger partial charge in [0.05, 0.1) is 11.3 Å². The van der Waals surface area contributed by atoms with Crippen LogP contribution in [0.2, 0.25) is 0 Å². The number of hydrogen-bond donors (Lipinski definition) is 2. The fraction of sp³-hybridized carbons (Fsp3) is 0.318. The second kappa shape index (κ2) is 7.70. The van der Waals surface area contributed by atoms with E-state index in [-0.39, 0.29) is 30.2 Å². The Morgan fingerprint density at radius 1 is 1.25 bits per heavy atom. The highest BCUT2D eigenvalue weighted by atomic mass is 79.9. The molecule has 2 fully saturated rings. The second-order valence-corrected chi connectivity index (χ2v) is 9.09. The lowest BCUT2D eigenvalue weighted by Gasteiger charge is -2.27. The zero-order valence-corrected chi connectivity index (χ0v) is 18.9. The molecule has 0 radical (unpaired) electrons. The molecule has 1 saturated heterocycles. The summed E-state index contributed by atoms with van der Waals surface area (Å²) < 4.78 is 2.33. The summed E-state index contributed by atoms with van der Waals surface area (Å²) in [5.74, 6) is 0.257. The summed E-state index contributed by atoms with van der Waals surface area (Å²) in [5, 5.41) is 3.45. The van der Waals surface area contributed by atoms with E-state index in [0.717, 1.165) is 6.42 Å². The number of anilines is 2. The van der Waals surface area contributed by atoms with Gasteiger partial charge in [0.2, 0.25) is 11.8 Å². The van der Waals surface area contributed by atoms with E-state index in [1.165, 1.54) is 13.1 Å². The number of carbonyl (C=O) groups is 3. The average Bonchev–Trinajstić information content (AvgIpc) is 3.21. The topological polar surface area (TPSA) is 123 Å². The van der Waals surface area contributed by atoms with Crippen LogP contribution in [0.15, 0.2) is 41.3 Å². The minimum atomic E-state index is -0.531. The molecule has 0 unspecified atom stereocenters. The van der Waals surface area contributed by atoms with Crippen LogP contribution in [-0.4, -0.2) is 49.1 Å². The molecule has 3 aromatic heterocycles. The Kier molecular flexibility index (Phi) is 4.96. The number of Topliss-reactive ketones (excluding diaryl/α,β-unsaturated/α-hetero) is 1. The van der Waals surface area contributed by atoms with Gasteiger partial charge in [-0.3, -0.25) is 14.4 Å². The predicted molar refractivity (Wildman–Crippen MR) is 122 cm³/mol. The molecule has 3 aromatic rings. The van der Waals surface area contributed by atoms with Gasteiger partial charge in [0.25, 0.3) is 0 Å². The van der Waals surface area contributed by atoms with E-state index >= 15 is 0 Å². The molecule has 0 aromatic carbocycles. The van der Waals surface area contributed by atoms with Crippen LogP contribution in [0.25, 0.3) is 11.0 Å². The number of fused-ring (bicyclic) bond motifs is 2. The molecule has 1 aliphatic heterocycles. The maximum absolute atomic E-state index is 13.3. The van der Waals surface area contributed by atoms with Crippen LogP contribution in [0.5, 0.6) is 0 Å². The molecule has 10 heteroatoms. The number of nitrogens with one attached hydrogen (secondary N) is 1. The smallest absolute Gasteiger partial charge is 0.248 e. The second-order valence-electron chi connectivity index (χ2n) is 8.27. The van der Waals surface area contributed by atoms with Gasteiger partial charge in [0, 0.05) is 23.8 Å². The lowest BCUT2D eigenvalue weighted by Crippen LogP contribution is -2.46. The van der Waals surface area contributed by atoms with Crippen LogP contribution >= 0.6 is 15.9 Å². The Labute approximate surface area is 192 Å². The number of halogens is 1. The fourth-order valence-electron chi connectivity index (χ4n) is 4.53. The largest absolute Gasteiger partial charge is 0.397 e. The van der Waals surface area contributed by atoms with Gasteiger partial charge in [-0.2, -0.15) is 0 Å². The number of ketones is 1. The lowest BCUT2D eigenvalue weighted by molar-refractivity contribution is -0.138. The first kappa shape index (κ1) is 20.6. The first-order valence-corrected chi connectivity index (χ1v) is 11.1. The molecule has 164 valence electrons. The zero-order valence-electron chi connectivity index (χ0n) is 17.3. The van der Waals surface area contributed by atoms with Crippen LogP contribution in [-0.2, 0) is 16.1 Å². The van der Waals surface area contributed by atoms with E-state index in [1.807, 2.05) is 0 Å². The minimum Gasteiger partial charge on any atom is -0.397 e. The molecule has 2 aliphatic rings. The van der Waals surface area contributed by atoms with Crippen LogP contribution in [0.3, 0.4) is 0 Å². The van der Waals surface area contributed by atoms with Crippen LogP contribution in [0.4, 0.5) is 11.5 Å². The van der Waals surface area contributed by atoms with Crippen LogP contribution < -0.4 is 11.1 Å². The summed E-state index contributed by atoms with van der Waals surface area (Å²) >= 11 is 3.29. The van der Waals surface area contributed by atoms with E-state index in [1.54, 1.807) is 39.9 Å². The molecule has 0 bridgehead atoms. The first-order valence-electron chi connectivity index (χ1n) is 10.3. The minimum absolute atomic E-state index is 0.0392. The Hall–Kier alpha value is -3.27. The zero-order chi connectivity index (χ0) is 22.6. The Morgan fingerprint density at radius 2 is 2.06 bits per heavy atom. The summed E-state index contributed by atoms with van der Waals surface area (Å²) in [4.78, 5) is 48.2. The van der Waals surface area contributed by atoms with E-state index in [9.17, 15) is 14.4 Å². The van der Waals surface area contributed by atoms with Crippen LogP contribution in [0.1, 0.15) is 30.1 Å². The molecule has 3 N–H and O–H groups in total. The van der Waals surface area contributed by atoms with Crippen molar-refractivity contribution >= 4 is 56.1 Å². The molecule has 3 atom stereocenters. The first-order chi connectivity index (χ1) is 15.3. The average molecular weight is 497 g/mol. The number of rotatable bonds is 5. The number of nitrogen functional groups attached to an aromatic ring is 1. The third kappa shape index (κ3) is 3.54. The van der Waals surface area contributed by atoms with Gasteiger partial charge in [0.15, 0.2) is 5.78 Å². The predicted octanol–water partition coefficient (Wildman–Crippen LogP) is 2.61. The molecule has 2 amide bonds. The van der Waals surface area contributed by atoms with Crippen molar-refractivity contribution < 1.29 is 14.4 Å². The van der Waals surface area contributed by atoms with E-state index in [4.69, 9.17) is 5.73 Å². The molecule has 1 aliphatic carbocycles. The van der Waals surface area contributed by atoms with Crippen molar-refractivity contribution in [3.63, 3.8) is 0 Å². The van der Waals surface area contributed by atoms with Gasteiger partial charge >= 0.3 is 0 Å². The molecule has 5 rings (SSSR count). The molecule has 1 saturated carbocycles. The van der Waals surface area contributed by atoms with E-state index in [0.29, 0.717) is 45.0 Å². The van der Waals surface area contributed by atoms with Gasteiger partial charge in [-0.05, 0) is 59.8 Å². The van der Waals surface area contributed by atoms with Gasteiger partial charge in [0.1, 0.15) is 28.7 Å². The highest BCUT2D eigenvalue weighted by Gasteiger charge is 2.56. The number of carbonyl (C=O) groups excluding carboxylic acids is 3. The summed E-state index contributed by atoms with van der Waals surface area (Å²) in [6, 6.07) is 6.59. The number of hydrogen-bond acceptors (Lipinski definition) is 6. The van der Waals surface area contributed by atoms with Crippen molar-refractivity contribution in [2.24, 2.45) is 5.92 Å². The number of nitrogens with zero attached hydrogens (tertiary/aromatic N) is 4. The fourth-order valence-corrected chi connectivity index (χ4v) is 4.87. The maximum Gasteiger partial charge on any atom is 0.248 e. The highest BCUT2D eigenvalue weighted by molar-refractivity contribution is 9.10. The van der Waals surface area contributed by atoms with Crippen LogP contribution in [0, 0.1) is 5.92 Å². The molecule has 9 nitrogen and oxygen atoms in total. The summed E-state index contributed by atoms with van der Waals surface area (Å²) in [6.45, 7) is 1.48. The molecule has 4 heterocycles. The molecular formula is C22H21BrN6O3. The van der Waals surface area contributed by atoms with E-state index < -0.39 is 6.04 Å². The Balaban J connectivity index is 1.36. The molecule has 32 heavy (non-hydrogen) atoms. The standard InChI is InChI=1S/C22H21BrN6O3/c1-11(30)14-9-25-21-13(20(14)24)5-6-28(21)10-19(31)29-15-7-12(15)8-16(29)22(32)27-18-4-2-3-17(23)26-18/h2-6,9,12,15-16H,7-8,10H2,1H3,(H2,24,25)(H,26,27,32)/t12-,15-,16+/m1/s1. The summed E-state index contributed by atoms with van der Waals surface area (Å²) in [7, 11) is 0. The van der Waals surface area contributed by atoms with Gasteiger partial charge in [-0.1, -0.05) is 6.07 Å². The number of piperidine rings is 1. The van der Waals surface area contributed by atoms with Crippen molar-refractivity contribution in [3.05, 3.63) is 46.8 Å². The summed E-state index contributed by atoms with van der Waals surface area (Å²) in [6.07, 6.45) is 4.74. The number of likely N-dealkylation sites (tertiary alicyclic amines) is 1. The number of aromatic nitrogens is 3. The third-order valence-corrected chi connectivity index (χ3v) is 6.62. The van der Waals surface area contributed by atoms with Gasteiger partial charge < -0.3 is 20.5 Å². The van der Waals surface area contributed by atoms with Crippen molar-refractivity contribution in [1.82, 2.24) is 19.4 Å². The monoisotopic (exact) mass is 496 g/mol. The Morgan fingerprint density at radius 3 is 2.81 bits per heavy atom. The van der Waals surface area contributed by atoms with Crippen molar-refractivity contribution in [1.29, 1.82) is 0 Å². The normalized spacial score (nSPS) is 21.4. The van der Waals surface area contributed by atoms with Crippen molar-refractivity contribution in [2.75, 3.05) is 11.1 Å². The SMILES string of the molecule is CC(=O)c1cnc2c(ccn2CC(=O)N2[C@@H]3C[C@@H]3C[C@H]2C(=O)Nc2cccc(Br)n2)c1N.